The van der Waals surface area contributed by atoms with Crippen LogP contribution in [-0.2, 0) is 4.79 Å². The van der Waals surface area contributed by atoms with Crippen LogP contribution in [0.5, 0.6) is 0 Å². The lowest BCUT2D eigenvalue weighted by atomic mass is 9.92. The Morgan fingerprint density at radius 2 is 1.88 bits per heavy atom. The number of rotatable bonds is 3. The minimum absolute atomic E-state index is 0.432. The van der Waals surface area contributed by atoms with Crippen molar-refractivity contribution in [1.29, 1.82) is 0 Å². The van der Waals surface area contributed by atoms with Gasteiger partial charge in [0.25, 0.3) is 0 Å². The van der Waals surface area contributed by atoms with E-state index in [1.165, 1.54) is 11.3 Å². The molecule has 0 heterocycles. The number of anilines is 1. The van der Waals surface area contributed by atoms with E-state index in [1.54, 1.807) is 0 Å². The highest BCUT2D eigenvalue weighted by Gasteiger charge is 2.24. The summed E-state index contributed by atoms with van der Waals surface area (Å²) in [5, 5.41) is 0. The van der Waals surface area contributed by atoms with Gasteiger partial charge in [-0.2, -0.15) is 0 Å². The molecule has 1 aliphatic rings. The Balaban J connectivity index is 2.16. The largest absolute Gasteiger partial charge is 0.369 e. The van der Waals surface area contributed by atoms with Crippen LogP contribution in [0.3, 0.4) is 0 Å². The molecular formula is C15H21NO. The molecule has 0 unspecified atom stereocenters. The molecule has 0 radical (unpaired) electrons. The fourth-order valence-electron chi connectivity index (χ4n) is 2.75. The standard InChI is InChI=1S/C15H21NO/c1-3-16(13-8-10-14(17)11-9-13)15-7-5-4-6-12(15)2/h4-7,13H,3,8-11H2,1-2H3. The van der Waals surface area contributed by atoms with E-state index >= 15 is 0 Å². The minimum Gasteiger partial charge on any atom is -0.369 e. The van der Waals surface area contributed by atoms with Crippen LogP contribution < -0.4 is 4.90 Å². The number of hydrogen-bond donors (Lipinski definition) is 0. The van der Waals surface area contributed by atoms with E-state index in [0.29, 0.717) is 11.8 Å². The van der Waals surface area contributed by atoms with Crippen LogP contribution in [0.2, 0.25) is 0 Å². The van der Waals surface area contributed by atoms with Crippen LogP contribution in [0.15, 0.2) is 24.3 Å². The van der Waals surface area contributed by atoms with Crippen LogP contribution >= 0.6 is 0 Å². The Bertz CT molecular complexity index is 390. The molecule has 2 rings (SSSR count). The molecule has 1 saturated carbocycles. The molecular weight excluding hydrogens is 210 g/mol. The molecule has 17 heavy (non-hydrogen) atoms. The lowest BCUT2D eigenvalue weighted by Crippen LogP contribution is -2.38. The van der Waals surface area contributed by atoms with Gasteiger partial charge in [0.1, 0.15) is 5.78 Å². The summed E-state index contributed by atoms with van der Waals surface area (Å²) >= 11 is 0. The van der Waals surface area contributed by atoms with E-state index in [2.05, 4.69) is 43.0 Å². The molecule has 0 bridgehead atoms. The number of hydrogen-bond acceptors (Lipinski definition) is 2. The molecule has 0 N–H and O–H groups in total. The summed E-state index contributed by atoms with van der Waals surface area (Å²) in [5.74, 6) is 0.432. The summed E-state index contributed by atoms with van der Waals surface area (Å²) < 4.78 is 0. The van der Waals surface area contributed by atoms with Gasteiger partial charge in [-0.3, -0.25) is 4.79 Å². The van der Waals surface area contributed by atoms with Crippen molar-refractivity contribution in [3.63, 3.8) is 0 Å². The second-order valence-corrected chi connectivity index (χ2v) is 4.84. The van der Waals surface area contributed by atoms with Crippen LogP contribution in [0, 0.1) is 6.92 Å². The first kappa shape index (κ1) is 12.2. The van der Waals surface area contributed by atoms with Crippen molar-refractivity contribution in [2.75, 3.05) is 11.4 Å². The second kappa shape index (κ2) is 5.35. The highest BCUT2D eigenvalue weighted by Crippen LogP contribution is 2.27. The quantitative estimate of drug-likeness (QED) is 0.795. The molecule has 1 aromatic rings. The molecule has 0 amide bonds. The Hall–Kier alpha value is -1.31. The van der Waals surface area contributed by atoms with Crippen molar-refractivity contribution in [1.82, 2.24) is 0 Å². The topological polar surface area (TPSA) is 20.3 Å². The fourth-order valence-corrected chi connectivity index (χ4v) is 2.75. The summed E-state index contributed by atoms with van der Waals surface area (Å²) in [5.41, 5.74) is 2.65. The Kier molecular flexibility index (Phi) is 3.82. The van der Waals surface area contributed by atoms with Crippen molar-refractivity contribution in [2.45, 2.75) is 45.6 Å². The number of nitrogens with zero attached hydrogens (tertiary/aromatic N) is 1. The van der Waals surface area contributed by atoms with E-state index in [4.69, 9.17) is 0 Å². The molecule has 0 aromatic heterocycles. The van der Waals surface area contributed by atoms with Gasteiger partial charge in [-0.1, -0.05) is 18.2 Å². The molecule has 1 aromatic carbocycles. The van der Waals surface area contributed by atoms with E-state index < -0.39 is 0 Å². The normalized spacial score (nSPS) is 17.2. The van der Waals surface area contributed by atoms with Gasteiger partial charge in [-0.25, -0.2) is 0 Å². The molecule has 1 fully saturated rings. The third-order valence-corrected chi connectivity index (χ3v) is 3.72. The van der Waals surface area contributed by atoms with Gasteiger partial charge in [-0.05, 0) is 38.3 Å². The maximum atomic E-state index is 11.3. The predicted octanol–water partition coefficient (Wildman–Crippen LogP) is 3.33. The van der Waals surface area contributed by atoms with E-state index in [9.17, 15) is 4.79 Å². The van der Waals surface area contributed by atoms with Crippen molar-refractivity contribution >= 4 is 11.5 Å². The lowest BCUT2D eigenvalue weighted by Gasteiger charge is -2.36. The molecule has 2 heteroatoms. The smallest absolute Gasteiger partial charge is 0.133 e. The average molecular weight is 231 g/mol. The number of ketones is 1. The van der Waals surface area contributed by atoms with Crippen LogP contribution in [0.4, 0.5) is 5.69 Å². The number of aryl methyl sites for hydroxylation is 1. The van der Waals surface area contributed by atoms with Crippen LogP contribution in [0.1, 0.15) is 38.2 Å². The molecule has 0 atom stereocenters. The number of Topliss-reactive ketones (excluding diaryl/α,β-unsaturated/α-hetero) is 1. The monoisotopic (exact) mass is 231 g/mol. The molecule has 1 aliphatic carbocycles. The predicted molar refractivity (Wildman–Crippen MR) is 71.5 cm³/mol. The average Bonchev–Trinajstić information content (AvgIpc) is 2.35. The first-order valence-electron chi connectivity index (χ1n) is 6.56. The number of para-hydroxylation sites is 1. The third-order valence-electron chi connectivity index (χ3n) is 3.72. The SMILES string of the molecule is CCN(c1ccccc1C)C1CCC(=O)CC1. The summed E-state index contributed by atoms with van der Waals surface area (Å²) in [6.45, 7) is 5.37. The van der Waals surface area contributed by atoms with Gasteiger partial charge in [0, 0.05) is 31.1 Å². The van der Waals surface area contributed by atoms with Crippen molar-refractivity contribution in [3.05, 3.63) is 29.8 Å². The third kappa shape index (κ3) is 2.68. The molecule has 0 spiro atoms. The number of carbonyl (C=O) groups is 1. The minimum atomic E-state index is 0.432. The van der Waals surface area contributed by atoms with Gasteiger partial charge in [0.2, 0.25) is 0 Å². The second-order valence-electron chi connectivity index (χ2n) is 4.84. The van der Waals surface area contributed by atoms with Crippen LogP contribution in [-0.4, -0.2) is 18.4 Å². The number of carbonyl (C=O) groups excluding carboxylic acids is 1. The zero-order chi connectivity index (χ0) is 12.3. The van der Waals surface area contributed by atoms with Gasteiger partial charge in [0.05, 0.1) is 0 Å². The zero-order valence-corrected chi connectivity index (χ0v) is 10.8. The van der Waals surface area contributed by atoms with Crippen molar-refractivity contribution < 1.29 is 4.79 Å². The van der Waals surface area contributed by atoms with E-state index in [1.807, 2.05) is 0 Å². The van der Waals surface area contributed by atoms with E-state index in [0.717, 1.165) is 32.2 Å². The molecule has 0 saturated heterocycles. The summed E-state index contributed by atoms with van der Waals surface area (Å²) in [7, 11) is 0. The summed E-state index contributed by atoms with van der Waals surface area (Å²) in [6.07, 6.45) is 3.54. The highest BCUT2D eigenvalue weighted by molar-refractivity contribution is 5.79. The maximum Gasteiger partial charge on any atom is 0.133 e. The first-order chi connectivity index (χ1) is 8.22. The highest BCUT2D eigenvalue weighted by atomic mass is 16.1. The fraction of sp³-hybridized carbons (Fsp3) is 0.533. The van der Waals surface area contributed by atoms with Gasteiger partial charge >= 0.3 is 0 Å². The summed E-state index contributed by atoms with van der Waals surface area (Å²) in [4.78, 5) is 13.8. The van der Waals surface area contributed by atoms with E-state index in [-0.39, 0.29) is 0 Å². The Morgan fingerprint density at radius 1 is 1.24 bits per heavy atom. The lowest BCUT2D eigenvalue weighted by molar-refractivity contribution is -0.120. The molecule has 0 aliphatic heterocycles. The van der Waals surface area contributed by atoms with Gasteiger partial charge in [0.15, 0.2) is 0 Å². The van der Waals surface area contributed by atoms with Crippen molar-refractivity contribution in [2.24, 2.45) is 0 Å². The van der Waals surface area contributed by atoms with Crippen LogP contribution in [0.25, 0.3) is 0 Å². The molecule has 2 nitrogen and oxygen atoms in total. The van der Waals surface area contributed by atoms with Crippen molar-refractivity contribution in [3.8, 4) is 0 Å². The number of benzene rings is 1. The Morgan fingerprint density at radius 3 is 2.47 bits per heavy atom. The first-order valence-corrected chi connectivity index (χ1v) is 6.56. The summed E-state index contributed by atoms with van der Waals surface area (Å²) in [6, 6.07) is 9.07. The van der Waals surface area contributed by atoms with Gasteiger partial charge in [-0.15, -0.1) is 0 Å². The maximum absolute atomic E-state index is 11.3. The Labute approximate surface area is 104 Å². The zero-order valence-electron chi connectivity index (χ0n) is 10.8. The molecule has 92 valence electrons. The van der Waals surface area contributed by atoms with Gasteiger partial charge < -0.3 is 4.90 Å².